The molecule has 0 aromatic heterocycles. The zero-order valence-electron chi connectivity index (χ0n) is 13.2. The van der Waals surface area contributed by atoms with Crippen molar-refractivity contribution in [3.8, 4) is 0 Å². The van der Waals surface area contributed by atoms with Crippen LogP contribution in [-0.4, -0.2) is 29.8 Å². The van der Waals surface area contributed by atoms with Gasteiger partial charge in [-0.05, 0) is 49.3 Å². The molecule has 122 valence electrons. The molecule has 23 heavy (non-hydrogen) atoms. The van der Waals surface area contributed by atoms with Crippen molar-refractivity contribution in [1.29, 1.82) is 0 Å². The van der Waals surface area contributed by atoms with Gasteiger partial charge in [-0.25, -0.2) is 0 Å². The maximum absolute atomic E-state index is 12.4. The van der Waals surface area contributed by atoms with E-state index in [1.807, 2.05) is 11.8 Å². The van der Waals surface area contributed by atoms with E-state index in [-0.39, 0.29) is 18.2 Å². The van der Waals surface area contributed by atoms with Gasteiger partial charge in [0.2, 0.25) is 11.8 Å². The fraction of sp³-hybridized carbons (Fsp3) is 0.444. The lowest BCUT2D eigenvalue weighted by Crippen LogP contribution is -2.32. The van der Waals surface area contributed by atoms with Crippen LogP contribution < -0.4 is 5.32 Å². The molecule has 1 N–H and O–H groups in total. The predicted octanol–water partition coefficient (Wildman–Crippen LogP) is 3.40. The predicted molar refractivity (Wildman–Crippen MR) is 91.4 cm³/mol. The molecule has 0 radical (unpaired) electrons. The van der Waals surface area contributed by atoms with Crippen LogP contribution in [0.15, 0.2) is 30.4 Å². The average Bonchev–Trinajstić information content (AvgIpc) is 2.96. The van der Waals surface area contributed by atoms with Crippen LogP contribution in [-0.2, 0) is 9.59 Å². The smallest absolute Gasteiger partial charge is 0.233 e. The van der Waals surface area contributed by atoms with E-state index in [1.54, 1.807) is 18.2 Å². The van der Waals surface area contributed by atoms with Gasteiger partial charge in [0.25, 0.3) is 0 Å². The minimum Gasteiger partial charge on any atom is -0.342 e. The number of allylic oxidation sites excluding steroid dienone is 2. The Balaban J connectivity index is 1.56. The molecule has 0 saturated carbocycles. The first-order chi connectivity index (χ1) is 11.0. The van der Waals surface area contributed by atoms with E-state index in [9.17, 15) is 9.59 Å². The van der Waals surface area contributed by atoms with Gasteiger partial charge in [-0.2, -0.15) is 0 Å². The van der Waals surface area contributed by atoms with Crippen molar-refractivity contribution in [2.75, 3.05) is 18.4 Å². The summed E-state index contributed by atoms with van der Waals surface area (Å²) in [6.45, 7) is 3.40. The number of fused-ring (bicyclic) bond motifs is 1. The van der Waals surface area contributed by atoms with Gasteiger partial charge >= 0.3 is 0 Å². The van der Waals surface area contributed by atoms with E-state index < -0.39 is 0 Å². The molecule has 1 fully saturated rings. The summed E-state index contributed by atoms with van der Waals surface area (Å²) in [5.41, 5.74) is 1.47. The Bertz CT molecular complexity index is 640. The number of hydrogen-bond acceptors (Lipinski definition) is 2. The van der Waals surface area contributed by atoms with Crippen molar-refractivity contribution in [1.82, 2.24) is 4.90 Å². The second-order valence-electron chi connectivity index (χ2n) is 6.40. The van der Waals surface area contributed by atoms with Gasteiger partial charge in [-0.3, -0.25) is 9.59 Å². The summed E-state index contributed by atoms with van der Waals surface area (Å²) in [5, 5.41) is 3.39. The van der Waals surface area contributed by atoms with Crippen LogP contribution in [0, 0.1) is 18.8 Å². The molecule has 5 heteroatoms. The van der Waals surface area contributed by atoms with Crippen molar-refractivity contribution in [3.05, 3.63) is 40.9 Å². The van der Waals surface area contributed by atoms with Crippen LogP contribution in [0.2, 0.25) is 5.02 Å². The number of halogens is 1. The monoisotopic (exact) mass is 332 g/mol. The highest BCUT2D eigenvalue weighted by atomic mass is 35.5. The average molecular weight is 333 g/mol. The van der Waals surface area contributed by atoms with Crippen LogP contribution in [0.4, 0.5) is 5.69 Å². The van der Waals surface area contributed by atoms with E-state index >= 15 is 0 Å². The molecule has 0 unspecified atom stereocenters. The van der Waals surface area contributed by atoms with Gasteiger partial charge < -0.3 is 10.2 Å². The molecule has 1 aromatic carbocycles. The molecule has 1 aromatic rings. The number of carbonyl (C=O) groups excluding carboxylic acids is 2. The highest BCUT2D eigenvalue weighted by molar-refractivity contribution is 6.31. The normalized spacial score (nSPS) is 22.8. The molecular weight excluding hydrogens is 312 g/mol. The van der Waals surface area contributed by atoms with Crippen molar-refractivity contribution in [3.63, 3.8) is 0 Å². The highest BCUT2D eigenvalue weighted by Gasteiger charge is 2.35. The Morgan fingerprint density at radius 2 is 1.87 bits per heavy atom. The van der Waals surface area contributed by atoms with Gasteiger partial charge in [0.15, 0.2) is 0 Å². The molecule has 2 atom stereocenters. The lowest BCUT2D eigenvalue weighted by Gasteiger charge is -2.17. The van der Waals surface area contributed by atoms with Gasteiger partial charge in [-0.1, -0.05) is 29.8 Å². The summed E-state index contributed by atoms with van der Waals surface area (Å²) >= 11 is 6.04. The summed E-state index contributed by atoms with van der Waals surface area (Å²) in [7, 11) is 0. The summed E-state index contributed by atoms with van der Waals surface area (Å²) in [6.07, 6.45) is 6.37. The van der Waals surface area contributed by atoms with Crippen LogP contribution in [0.3, 0.4) is 0 Å². The Morgan fingerprint density at radius 1 is 1.22 bits per heavy atom. The number of amides is 2. The first kappa shape index (κ1) is 16.1. The molecule has 2 amide bonds. The number of nitrogens with zero attached hydrogens (tertiary/aromatic N) is 1. The summed E-state index contributed by atoms with van der Waals surface area (Å²) < 4.78 is 0. The molecule has 1 heterocycles. The first-order valence-corrected chi connectivity index (χ1v) is 8.40. The van der Waals surface area contributed by atoms with Gasteiger partial charge in [0, 0.05) is 23.8 Å². The minimum atomic E-state index is -0.284. The van der Waals surface area contributed by atoms with Crippen LogP contribution in [0.1, 0.15) is 24.8 Å². The third-order valence-electron chi connectivity index (χ3n) is 4.83. The Kier molecular flexibility index (Phi) is 4.71. The van der Waals surface area contributed by atoms with Crippen molar-refractivity contribution >= 4 is 29.1 Å². The lowest BCUT2D eigenvalue weighted by atomic mass is 9.86. The molecule has 3 rings (SSSR count). The molecule has 2 aliphatic rings. The third kappa shape index (κ3) is 3.58. The Labute approximate surface area is 141 Å². The number of benzene rings is 1. The van der Waals surface area contributed by atoms with Gasteiger partial charge in [-0.15, -0.1) is 0 Å². The van der Waals surface area contributed by atoms with Crippen molar-refractivity contribution < 1.29 is 9.59 Å². The lowest BCUT2D eigenvalue weighted by molar-refractivity contribution is -0.133. The summed E-state index contributed by atoms with van der Waals surface area (Å²) in [5.74, 6) is 0.745. The molecule has 1 saturated heterocycles. The maximum Gasteiger partial charge on any atom is 0.233 e. The number of likely N-dealkylation sites (tertiary alicyclic amines) is 1. The van der Waals surface area contributed by atoms with Gasteiger partial charge in [0.05, 0.1) is 0 Å². The molecule has 0 bridgehead atoms. The van der Waals surface area contributed by atoms with E-state index in [2.05, 4.69) is 17.5 Å². The van der Waals surface area contributed by atoms with E-state index in [1.165, 1.54) is 0 Å². The van der Waals surface area contributed by atoms with Gasteiger partial charge in [0.1, 0.15) is 6.42 Å². The second-order valence-corrected chi connectivity index (χ2v) is 6.81. The second kappa shape index (κ2) is 6.75. The zero-order chi connectivity index (χ0) is 16.4. The van der Waals surface area contributed by atoms with Crippen molar-refractivity contribution in [2.24, 2.45) is 11.8 Å². The number of carbonyl (C=O) groups is 2. The summed E-state index contributed by atoms with van der Waals surface area (Å²) in [6, 6.07) is 5.35. The number of nitrogens with one attached hydrogen (secondary N) is 1. The largest absolute Gasteiger partial charge is 0.342 e. The highest BCUT2D eigenvalue weighted by Crippen LogP contribution is 2.33. The molecule has 4 nitrogen and oxygen atoms in total. The maximum atomic E-state index is 12.4. The SMILES string of the molecule is Cc1c(Cl)cccc1NC(=O)CC(=O)N1C[C@H]2CC=CC[C@H]2C1. The number of hydrogen-bond donors (Lipinski definition) is 1. The number of anilines is 1. The summed E-state index contributed by atoms with van der Waals surface area (Å²) in [4.78, 5) is 26.3. The third-order valence-corrected chi connectivity index (χ3v) is 5.24. The zero-order valence-corrected chi connectivity index (χ0v) is 14.0. The molecule has 1 aliphatic carbocycles. The Morgan fingerprint density at radius 3 is 2.52 bits per heavy atom. The number of rotatable bonds is 3. The van der Waals surface area contributed by atoms with E-state index in [0.29, 0.717) is 22.5 Å². The molecule has 1 aliphatic heterocycles. The van der Waals surface area contributed by atoms with Crippen molar-refractivity contribution in [2.45, 2.75) is 26.2 Å². The van der Waals surface area contributed by atoms with Crippen LogP contribution >= 0.6 is 11.6 Å². The fourth-order valence-electron chi connectivity index (χ4n) is 3.40. The first-order valence-electron chi connectivity index (χ1n) is 8.02. The Hall–Kier alpha value is -1.81. The standard InChI is InChI=1S/C18H21ClN2O2/c1-12-15(19)7-4-8-16(12)20-17(22)9-18(23)21-10-13-5-2-3-6-14(13)11-21/h2-4,7-8,13-14H,5-6,9-11H2,1H3,(H,20,22)/t13-,14+. The minimum absolute atomic E-state index is 0.0865. The van der Waals surface area contributed by atoms with Crippen LogP contribution in [0.25, 0.3) is 0 Å². The molecule has 0 spiro atoms. The fourth-order valence-corrected chi connectivity index (χ4v) is 3.58. The van der Waals surface area contributed by atoms with E-state index in [0.717, 1.165) is 31.5 Å². The topological polar surface area (TPSA) is 49.4 Å². The molecular formula is C18H21ClN2O2. The van der Waals surface area contributed by atoms with E-state index in [4.69, 9.17) is 11.6 Å². The quantitative estimate of drug-likeness (QED) is 0.681. The van der Waals surface area contributed by atoms with Crippen LogP contribution in [0.5, 0.6) is 0 Å².